The van der Waals surface area contributed by atoms with Crippen molar-refractivity contribution in [3.8, 4) is 17.6 Å². The molecular weight excluding hydrogens is 317 g/mol. The van der Waals surface area contributed by atoms with E-state index in [1.54, 1.807) is 0 Å². The molecule has 1 aliphatic heterocycles. The Hall–Kier alpha value is -2.66. The van der Waals surface area contributed by atoms with Crippen molar-refractivity contribution in [1.29, 1.82) is 0 Å². The number of aromatic nitrogens is 2. The summed E-state index contributed by atoms with van der Waals surface area (Å²) in [5.74, 6) is 3.39. The highest BCUT2D eigenvalue weighted by atomic mass is 19.1. The van der Waals surface area contributed by atoms with E-state index in [0.717, 1.165) is 0 Å². The normalized spacial score (nSPS) is 19.4. The summed E-state index contributed by atoms with van der Waals surface area (Å²) in [5.41, 5.74) is -0.961. The fraction of sp³-hybridized carbons (Fsp3) is 0.438. The predicted molar refractivity (Wildman–Crippen MR) is 82.1 cm³/mol. The van der Waals surface area contributed by atoms with Gasteiger partial charge in [0.2, 0.25) is 5.75 Å². The number of nitrogens with zero attached hydrogens (tertiary/aromatic N) is 2. The van der Waals surface area contributed by atoms with Crippen LogP contribution in [0.3, 0.4) is 0 Å². The molecule has 1 aromatic heterocycles. The fourth-order valence-electron chi connectivity index (χ4n) is 2.55. The highest BCUT2D eigenvalue weighted by molar-refractivity contribution is 5.94. The molecule has 0 radical (unpaired) electrons. The number of hydrogen-bond acceptors (Lipinski definition) is 5. The molecule has 7 nitrogen and oxygen atoms in total. The van der Waals surface area contributed by atoms with Crippen molar-refractivity contribution in [1.82, 2.24) is 14.9 Å². The molecule has 3 rings (SSSR count). The summed E-state index contributed by atoms with van der Waals surface area (Å²) in [5, 5.41) is 12.6. The monoisotopic (exact) mass is 333 g/mol. The average Bonchev–Trinajstić information content (AvgIpc) is 2.83. The Morgan fingerprint density at radius 2 is 2.38 bits per heavy atom. The lowest BCUT2D eigenvalue weighted by molar-refractivity contribution is 0.0941. The van der Waals surface area contributed by atoms with Gasteiger partial charge in [0.25, 0.3) is 11.5 Å². The largest absolute Gasteiger partial charge is 0.501 e. The Bertz CT molecular complexity index is 819. The van der Waals surface area contributed by atoms with Crippen LogP contribution in [0.25, 0.3) is 0 Å². The summed E-state index contributed by atoms with van der Waals surface area (Å²) in [6.45, 7) is 1.21. The van der Waals surface area contributed by atoms with Crippen molar-refractivity contribution in [2.45, 2.75) is 19.4 Å². The summed E-state index contributed by atoms with van der Waals surface area (Å²) in [6, 6.07) is 0. The van der Waals surface area contributed by atoms with E-state index < -0.39 is 23.0 Å². The third kappa shape index (κ3) is 3.31. The van der Waals surface area contributed by atoms with E-state index in [1.807, 2.05) is 0 Å². The first-order valence-electron chi connectivity index (χ1n) is 7.62. The molecule has 1 unspecified atom stereocenters. The molecule has 24 heavy (non-hydrogen) atoms. The molecule has 1 atom stereocenters. The van der Waals surface area contributed by atoms with Gasteiger partial charge < -0.3 is 15.2 Å². The molecule has 2 N–H and O–H groups in total. The quantitative estimate of drug-likeness (QED) is 0.767. The van der Waals surface area contributed by atoms with Crippen LogP contribution >= 0.6 is 0 Å². The van der Waals surface area contributed by atoms with Gasteiger partial charge in [0.1, 0.15) is 5.82 Å². The molecule has 0 fully saturated rings. The summed E-state index contributed by atoms with van der Waals surface area (Å²) in [6.07, 6.45) is 2.13. The van der Waals surface area contributed by atoms with Gasteiger partial charge in [-0.25, -0.2) is 4.98 Å². The third-order valence-electron chi connectivity index (χ3n) is 3.86. The molecule has 2 heterocycles. The molecule has 126 valence electrons. The molecule has 1 aromatic rings. The summed E-state index contributed by atoms with van der Waals surface area (Å²) in [4.78, 5) is 28.6. The summed E-state index contributed by atoms with van der Waals surface area (Å²) >= 11 is 0. The van der Waals surface area contributed by atoms with Crippen molar-refractivity contribution >= 4 is 5.91 Å². The summed E-state index contributed by atoms with van der Waals surface area (Å²) in [7, 11) is 0. The van der Waals surface area contributed by atoms with Crippen LogP contribution in [0, 0.1) is 17.8 Å². The van der Waals surface area contributed by atoms with Crippen molar-refractivity contribution in [3.63, 3.8) is 0 Å². The van der Waals surface area contributed by atoms with E-state index in [-0.39, 0.29) is 24.7 Å². The Kier molecular flexibility index (Phi) is 4.62. The first-order valence-corrected chi connectivity index (χ1v) is 7.62. The number of halogens is 1. The van der Waals surface area contributed by atoms with Gasteiger partial charge in [-0.3, -0.25) is 14.2 Å². The van der Waals surface area contributed by atoms with Gasteiger partial charge >= 0.3 is 0 Å². The predicted octanol–water partition coefficient (Wildman–Crippen LogP) is 0.128. The van der Waals surface area contributed by atoms with Gasteiger partial charge in [0, 0.05) is 18.9 Å². The van der Waals surface area contributed by atoms with Crippen LogP contribution in [0.2, 0.25) is 0 Å². The lowest BCUT2D eigenvalue weighted by Gasteiger charge is -2.14. The van der Waals surface area contributed by atoms with Gasteiger partial charge in [-0.15, -0.1) is 0 Å². The van der Waals surface area contributed by atoms with Crippen molar-refractivity contribution in [2.24, 2.45) is 5.92 Å². The number of hydrogen-bond donors (Lipinski definition) is 2. The second-order valence-corrected chi connectivity index (χ2v) is 5.51. The van der Waals surface area contributed by atoms with E-state index in [4.69, 9.17) is 4.74 Å². The number of nitrogens with one attached hydrogen (secondary N) is 1. The Labute approximate surface area is 137 Å². The highest BCUT2D eigenvalue weighted by Gasteiger charge is 2.22. The number of carbonyl (C=O) groups excluding carboxylic acids is 1. The Morgan fingerprint density at radius 3 is 3.12 bits per heavy atom. The summed E-state index contributed by atoms with van der Waals surface area (Å²) < 4.78 is 19.4. The second-order valence-electron chi connectivity index (χ2n) is 5.51. The first kappa shape index (κ1) is 16.2. The Morgan fingerprint density at radius 1 is 1.54 bits per heavy atom. The molecule has 1 amide bonds. The number of aromatic hydroxyl groups is 1. The van der Waals surface area contributed by atoms with Gasteiger partial charge in [-0.2, -0.15) is 4.39 Å². The topological polar surface area (TPSA) is 93.5 Å². The zero-order chi connectivity index (χ0) is 17.1. The molecule has 0 saturated heterocycles. The smallest absolute Gasteiger partial charge is 0.296 e. The number of carbonyl (C=O) groups is 1. The van der Waals surface area contributed by atoms with Gasteiger partial charge in [-0.1, -0.05) is 5.92 Å². The van der Waals surface area contributed by atoms with Crippen molar-refractivity contribution in [2.75, 3.05) is 19.8 Å². The van der Waals surface area contributed by atoms with Crippen LogP contribution in [0.15, 0.2) is 16.7 Å². The number of fused-ring (bicyclic) bond motifs is 1. The van der Waals surface area contributed by atoms with Crippen molar-refractivity contribution < 1.29 is 19.0 Å². The molecule has 0 bridgehead atoms. The molecular formula is C16H16FN3O4. The maximum atomic E-state index is 12.8. The van der Waals surface area contributed by atoms with Crippen LogP contribution < -0.4 is 10.9 Å². The molecule has 8 heteroatoms. The Balaban J connectivity index is 1.76. The standard InChI is InChI=1S/C16H16FN3O4/c17-11-3-1-10(2-4-11)9-18-15(22)13-14(21)16(23)20-6-8-24-7-5-12(20)19-13/h3,10,21H,1,5-9H2,(H,18,22). The SMILES string of the molecule is O=C(NCC1C#CC(F)=CC1)c1nc2n(c(=O)c1O)CCOCC2. The molecule has 0 spiro atoms. The van der Waals surface area contributed by atoms with E-state index in [1.165, 1.54) is 10.6 Å². The van der Waals surface area contributed by atoms with Crippen LogP contribution in [0.1, 0.15) is 22.7 Å². The van der Waals surface area contributed by atoms with E-state index in [2.05, 4.69) is 22.1 Å². The minimum absolute atomic E-state index is 0.179. The number of ether oxygens (including phenoxy) is 1. The molecule has 0 saturated carbocycles. The van der Waals surface area contributed by atoms with E-state index in [9.17, 15) is 19.1 Å². The van der Waals surface area contributed by atoms with Crippen molar-refractivity contribution in [3.05, 3.63) is 33.8 Å². The van der Waals surface area contributed by atoms with Gasteiger partial charge in [-0.05, 0) is 18.4 Å². The molecule has 1 aliphatic carbocycles. The number of allylic oxidation sites excluding steroid dienone is 2. The lowest BCUT2D eigenvalue weighted by atomic mass is 10.0. The second kappa shape index (κ2) is 6.84. The zero-order valence-electron chi connectivity index (χ0n) is 12.8. The van der Waals surface area contributed by atoms with Crippen LogP contribution in [-0.2, 0) is 17.7 Å². The van der Waals surface area contributed by atoms with Gasteiger partial charge in [0.15, 0.2) is 11.5 Å². The number of amides is 1. The van der Waals surface area contributed by atoms with Gasteiger partial charge in [0.05, 0.1) is 19.8 Å². The van der Waals surface area contributed by atoms with E-state index in [0.29, 0.717) is 31.9 Å². The lowest BCUT2D eigenvalue weighted by Crippen LogP contribution is -2.33. The third-order valence-corrected chi connectivity index (χ3v) is 3.86. The fourth-order valence-corrected chi connectivity index (χ4v) is 2.55. The zero-order valence-corrected chi connectivity index (χ0v) is 12.8. The average molecular weight is 333 g/mol. The maximum absolute atomic E-state index is 12.8. The maximum Gasteiger partial charge on any atom is 0.296 e. The van der Waals surface area contributed by atoms with E-state index >= 15 is 0 Å². The van der Waals surface area contributed by atoms with Crippen LogP contribution in [0.4, 0.5) is 4.39 Å². The van der Waals surface area contributed by atoms with Crippen LogP contribution in [-0.4, -0.2) is 40.3 Å². The molecule has 0 aromatic carbocycles. The number of rotatable bonds is 3. The minimum Gasteiger partial charge on any atom is -0.501 e. The molecule has 2 aliphatic rings. The minimum atomic E-state index is -0.682. The highest BCUT2D eigenvalue weighted by Crippen LogP contribution is 2.14. The first-order chi connectivity index (χ1) is 11.6. The van der Waals surface area contributed by atoms with Crippen LogP contribution in [0.5, 0.6) is 5.75 Å².